The molecule has 2 N–H and O–H groups in total. The van der Waals surface area contributed by atoms with E-state index >= 15 is 0 Å². The highest BCUT2D eigenvalue weighted by Gasteiger charge is 2.11. The second-order valence-electron chi connectivity index (χ2n) is 4.98. The molecular weight excluding hydrogens is 358 g/mol. The number of hydrogen-bond donors (Lipinski definition) is 1. The first kappa shape index (κ1) is 17.1. The highest BCUT2D eigenvalue weighted by Crippen LogP contribution is 2.37. The van der Waals surface area contributed by atoms with Gasteiger partial charge in [0, 0.05) is 6.08 Å². The van der Waals surface area contributed by atoms with E-state index in [0.29, 0.717) is 18.1 Å². The summed E-state index contributed by atoms with van der Waals surface area (Å²) < 4.78 is 12.1. The minimum atomic E-state index is -0.500. The van der Waals surface area contributed by atoms with Crippen LogP contribution in [0.3, 0.4) is 0 Å². The molecule has 0 bridgehead atoms. The fraction of sp³-hybridized carbons (Fsp3) is 0.167. The lowest BCUT2D eigenvalue weighted by molar-refractivity contribution is -0.113. The van der Waals surface area contributed by atoms with Crippen LogP contribution in [0.1, 0.15) is 16.7 Å². The minimum Gasteiger partial charge on any atom is -0.493 e. The van der Waals surface area contributed by atoms with Crippen LogP contribution < -0.4 is 15.2 Å². The Morgan fingerprint density at radius 2 is 2.04 bits per heavy atom. The molecule has 23 heavy (non-hydrogen) atoms. The molecule has 0 saturated carbocycles. The summed E-state index contributed by atoms with van der Waals surface area (Å²) in [6.45, 7) is 2.49. The van der Waals surface area contributed by atoms with E-state index in [1.165, 1.54) is 11.6 Å². The number of carbonyl (C=O) groups is 1. The summed E-state index contributed by atoms with van der Waals surface area (Å²) in [6.07, 6.45) is 2.93. The molecule has 2 aromatic carbocycles. The standard InChI is InChI=1S/C18H18BrNO3/c1-12-5-3-4-6-14(12)11-23-18-15(19)9-13(7-8-17(20)21)10-16(18)22-2/h3-10H,11H2,1-2H3,(H2,20,21)/b8-7+. The van der Waals surface area contributed by atoms with Gasteiger partial charge in [0.2, 0.25) is 5.91 Å². The minimum absolute atomic E-state index is 0.443. The molecule has 0 spiro atoms. The summed E-state index contributed by atoms with van der Waals surface area (Å²) in [7, 11) is 1.57. The van der Waals surface area contributed by atoms with Crippen molar-refractivity contribution in [2.24, 2.45) is 5.73 Å². The van der Waals surface area contributed by atoms with E-state index in [4.69, 9.17) is 15.2 Å². The number of nitrogens with two attached hydrogens (primary N) is 1. The fourth-order valence-corrected chi connectivity index (χ4v) is 2.65. The number of aryl methyl sites for hydroxylation is 1. The predicted molar refractivity (Wildman–Crippen MR) is 94.4 cm³/mol. The van der Waals surface area contributed by atoms with Crippen LogP contribution >= 0.6 is 15.9 Å². The normalized spacial score (nSPS) is 10.7. The fourth-order valence-electron chi connectivity index (χ4n) is 2.08. The zero-order valence-electron chi connectivity index (χ0n) is 13.0. The molecule has 5 heteroatoms. The van der Waals surface area contributed by atoms with Gasteiger partial charge in [0.25, 0.3) is 0 Å². The van der Waals surface area contributed by atoms with Gasteiger partial charge in [-0.15, -0.1) is 0 Å². The van der Waals surface area contributed by atoms with Gasteiger partial charge in [-0.3, -0.25) is 4.79 Å². The number of primary amides is 1. The number of methoxy groups -OCH3 is 1. The Morgan fingerprint density at radius 1 is 1.30 bits per heavy atom. The Labute approximate surface area is 144 Å². The number of ether oxygens (including phenoxy) is 2. The molecule has 4 nitrogen and oxygen atoms in total. The molecule has 2 rings (SSSR count). The van der Waals surface area contributed by atoms with E-state index in [0.717, 1.165) is 15.6 Å². The van der Waals surface area contributed by atoms with Gasteiger partial charge >= 0.3 is 0 Å². The molecule has 0 aliphatic heterocycles. The van der Waals surface area contributed by atoms with Crippen LogP contribution in [0, 0.1) is 6.92 Å². The summed E-state index contributed by atoms with van der Waals surface area (Å²) in [5, 5.41) is 0. The maximum Gasteiger partial charge on any atom is 0.241 e. The van der Waals surface area contributed by atoms with E-state index < -0.39 is 5.91 Å². The Morgan fingerprint density at radius 3 is 2.70 bits per heavy atom. The first-order valence-electron chi connectivity index (χ1n) is 7.03. The Hall–Kier alpha value is -2.27. The van der Waals surface area contributed by atoms with Gasteiger partial charge in [-0.2, -0.15) is 0 Å². The van der Waals surface area contributed by atoms with E-state index in [2.05, 4.69) is 15.9 Å². The Balaban J connectivity index is 2.24. The van der Waals surface area contributed by atoms with E-state index in [1.54, 1.807) is 19.3 Å². The van der Waals surface area contributed by atoms with Crippen LogP contribution in [0.25, 0.3) is 6.08 Å². The largest absolute Gasteiger partial charge is 0.493 e. The van der Waals surface area contributed by atoms with Crippen molar-refractivity contribution in [3.05, 3.63) is 63.6 Å². The lowest BCUT2D eigenvalue weighted by Crippen LogP contribution is -2.05. The number of halogens is 1. The molecular formula is C18H18BrNO3. The van der Waals surface area contributed by atoms with E-state index in [-0.39, 0.29) is 0 Å². The van der Waals surface area contributed by atoms with Crippen molar-refractivity contribution in [2.45, 2.75) is 13.5 Å². The maximum absolute atomic E-state index is 10.8. The average Bonchev–Trinajstić information content (AvgIpc) is 2.52. The van der Waals surface area contributed by atoms with Crippen molar-refractivity contribution in [2.75, 3.05) is 7.11 Å². The third kappa shape index (κ3) is 4.60. The average molecular weight is 376 g/mol. The van der Waals surface area contributed by atoms with E-state index in [1.807, 2.05) is 37.3 Å². The van der Waals surface area contributed by atoms with Gasteiger partial charge in [0.15, 0.2) is 11.5 Å². The number of carbonyl (C=O) groups excluding carboxylic acids is 1. The van der Waals surface area contributed by atoms with Crippen LogP contribution in [0.2, 0.25) is 0 Å². The quantitative estimate of drug-likeness (QED) is 0.780. The SMILES string of the molecule is COc1cc(/C=C/C(N)=O)cc(Br)c1OCc1ccccc1C. The molecule has 2 aromatic rings. The van der Waals surface area contributed by atoms with Crippen molar-refractivity contribution in [1.29, 1.82) is 0 Å². The third-order valence-corrected chi connectivity index (χ3v) is 3.91. The van der Waals surface area contributed by atoms with Gasteiger partial charge in [-0.25, -0.2) is 0 Å². The summed E-state index contributed by atoms with van der Waals surface area (Å²) >= 11 is 3.48. The van der Waals surface area contributed by atoms with Gasteiger partial charge < -0.3 is 15.2 Å². The molecule has 0 heterocycles. The van der Waals surface area contributed by atoms with Gasteiger partial charge in [0.05, 0.1) is 11.6 Å². The van der Waals surface area contributed by atoms with Crippen molar-refractivity contribution < 1.29 is 14.3 Å². The number of rotatable bonds is 6. The summed E-state index contributed by atoms with van der Waals surface area (Å²) in [5.74, 6) is 0.698. The Bertz CT molecular complexity index is 741. The van der Waals surface area contributed by atoms with Crippen molar-refractivity contribution >= 4 is 27.9 Å². The molecule has 0 radical (unpaired) electrons. The lowest BCUT2D eigenvalue weighted by Gasteiger charge is -2.14. The first-order chi connectivity index (χ1) is 11.0. The molecule has 1 amide bonds. The molecule has 0 unspecified atom stereocenters. The van der Waals surface area contributed by atoms with Crippen molar-refractivity contribution in [3.8, 4) is 11.5 Å². The number of benzene rings is 2. The van der Waals surface area contributed by atoms with Crippen LogP contribution in [-0.2, 0) is 11.4 Å². The highest BCUT2D eigenvalue weighted by molar-refractivity contribution is 9.10. The molecule has 0 atom stereocenters. The van der Waals surface area contributed by atoms with Gasteiger partial charge in [0.1, 0.15) is 6.61 Å². The van der Waals surface area contributed by atoms with Crippen LogP contribution in [0.15, 0.2) is 46.9 Å². The zero-order valence-corrected chi connectivity index (χ0v) is 14.6. The van der Waals surface area contributed by atoms with Crippen molar-refractivity contribution in [1.82, 2.24) is 0 Å². The summed E-state index contributed by atoms with van der Waals surface area (Å²) in [6, 6.07) is 11.7. The van der Waals surface area contributed by atoms with E-state index in [9.17, 15) is 4.79 Å². The monoisotopic (exact) mass is 375 g/mol. The van der Waals surface area contributed by atoms with Gasteiger partial charge in [-0.1, -0.05) is 24.3 Å². The smallest absolute Gasteiger partial charge is 0.241 e. The molecule has 0 aliphatic carbocycles. The van der Waals surface area contributed by atoms with Crippen LogP contribution in [-0.4, -0.2) is 13.0 Å². The topological polar surface area (TPSA) is 61.5 Å². The Kier molecular flexibility index (Phi) is 5.82. The molecule has 0 fully saturated rings. The first-order valence-corrected chi connectivity index (χ1v) is 7.83. The van der Waals surface area contributed by atoms with Gasteiger partial charge in [-0.05, 0) is 57.8 Å². The molecule has 0 aromatic heterocycles. The molecule has 0 saturated heterocycles. The second-order valence-corrected chi connectivity index (χ2v) is 5.84. The zero-order chi connectivity index (χ0) is 16.8. The van der Waals surface area contributed by atoms with Crippen molar-refractivity contribution in [3.63, 3.8) is 0 Å². The number of amides is 1. The third-order valence-electron chi connectivity index (χ3n) is 3.33. The molecule has 120 valence electrons. The van der Waals surface area contributed by atoms with Crippen LogP contribution in [0.5, 0.6) is 11.5 Å². The summed E-state index contributed by atoms with van der Waals surface area (Å²) in [4.78, 5) is 10.8. The summed E-state index contributed by atoms with van der Waals surface area (Å²) in [5.41, 5.74) is 8.18. The molecule has 0 aliphatic rings. The predicted octanol–water partition coefficient (Wildman–Crippen LogP) is 3.84. The second kappa shape index (κ2) is 7.83. The maximum atomic E-state index is 10.8. The highest BCUT2D eigenvalue weighted by atomic mass is 79.9. The lowest BCUT2D eigenvalue weighted by atomic mass is 10.1. The number of hydrogen-bond acceptors (Lipinski definition) is 3. The van der Waals surface area contributed by atoms with Crippen LogP contribution in [0.4, 0.5) is 0 Å².